The zero-order valence-electron chi connectivity index (χ0n) is 18.1. The average Bonchev–Trinajstić information content (AvgIpc) is 3.49. The third kappa shape index (κ3) is 3.39. The highest BCUT2D eigenvalue weighted by atomic mass is 19.1. The third-order valence-electron chi connectivity index (χ3n) is 6.65. The fraction of sp³-hybridized carbons (Fsp3) is 0.565. The number of hydrogen-bond acceptors (Lipinski definition) is 4. The van der Waals surface area contributed by atoms with Gasteiger partial charge in [-0.25, -0.2) is 9.18 Å². The second-order valence-electron chi connectivity index (χ2n) is 9.35. The van der Waals surface area contributed by atoms with E-state index in [1.165, 1.54) is 12.3 Å². The molecule has 162 valence electrons. The fourth-order valence-electron chi connectivity index (χ4n) is 5.02. The van der Waals surface area contributed by atoms with Crippen molar-refractivity contribution in [2.24, 2.45) is 5.41 Å². The molecule has 7 heteroatoms. The summed E-state index contributed by atoms with van der Waals surface area (Å²) in [6.07, 6.45) is 4.22. The van der Waals surface area contributed by atoms with Crippen molar-refractivity contribution in [3.63, 3.8) is 0 Å². The number of aryl methyl sites for hydroxylation is 1. The first-order valence-electron chi connectivity index (χ1n) is 10.7. The minimum atomic E-state index is -1.27. The number of anilines is 1. The van der Waals surface area contributed by atoms with E-state index >= 15 is 4.39 Å². The van der Waals surface area contributed by atoms with Crippen LogP contribution in [0.5, 0.6) is 0 Å². The molecule has 1 saturated heterocycles. The van der Waals surface area contributed by atoms with Crippen LogP contribution < -0.4 is 15.6 Å². The van der Waals surface area contributed by atoms with Gasteiger partial charge < -0.3 is 19.9 Å². The van der Waals surface area contributed by atoms with Crippen molar-refractivity contribution in [3.05, 3.63) is 39.4 Å². The highest BCUT2D eigenvalue weighted by Gasteiger charge is 2.37. The van der Waals surface area contributed by atoms with E-state index in [0.717, 1.165) is 32.4 Å². The van der Waals surface area contributed by atoms with E-state index in [4.69, 9.17) is 0 Å². The number of piperidine rings is 1. The maximum atomic E-state index is 15.4. The molecular formula is C23H30FN3O3. The molecule has 0 amide bonds. The topological polar surface area (TPSA) is 74.6 Å². The van der Waals surface area contributed by atoms with Crippen molar-refractivity contribution in [1.29, 1.82) is 0 Å². The molecule has 1 saturated carbocycles. The van der Waals surface area contributed by atoms with Gasteiger partial charge in [0.05, 0.1) is 11.2 Å². The molecule has 2 fully saturated rings. The monoisotopic (exact) mass is 415 g/mol. The first-order chi connectivity index (χ1) is 14.2. The average molecular weight is 416 g/mol. The number of carbonyl (C=O) groups is 1. The predicted molar refractivity (Wildman–Crippen MR) is 116 cm³/mol. The van der Waals surface area contributed by atoms with Gasteiger partial charge in [-0.1, -0.05) is 20.8 Å². The van der Waals surface area contributed by atoms with Crippen molar-refractivity contribution in [2.75, 3.05) is 24.5 Å². The number of rotatable bonds is 5. The number of carboxylic acids is 1. The summed E-state index contributed by atoms with van der Waals surface area (Å²) >= 11 is 0. The summed E-state index contributed by atoms with van der Waals surface area (Å²) in [5.41, 5.74) is 0.954. The van der Waals surface area contributed by atoms with Crippen LogP contribution in [-0.2, 0) is 0 Å². The van der Waals surface area contributed by atoms with Crippen LogP contribution in [-0.4, -0.2) is 41.3 Å². The van der Waals surface area contributed by atoms with Crippen molar-refractivity contribution in [2.45, 2.75) is 59.0 Å². The Bertz CT molecular complexity index is 1070. The molecule has 0 radical (unpaired) electrons. The van der Waals surface area contributed by atoms with E-state index in [9.17, 15) is 14.7 Å². The Kier molecular flexibility index (Phi) is 5.12. The van der Waals surface area contributed by atoms with E-state index in [0.29, 0.717) is 29.4 Å². The lowest BCUT2D eigenvalue weighted by Gasteiger charge is -2.46. The largest absolute Gasteiger partial charge is 0.477 e. The molecule has 2 heterocycles. The number of aromatic carboxylic acids is 1. The van der Waals surface area contributed by atoms with Crippen molar-refractivity contribution in [1.82, 2.24) is 9.88 Å². The lowest BCUT2D eigenvalue weighted by molar-refractivity contribution is 0.0695. The molecule has 0 spiro atoms. The van der Waals surface area contributed by atoms with Gasteiger partial charge in [-0.05, 0) is 49.8 Å². The van der Waals surface area contributed by atoms with Crippen LogP contribution in [0.15, 0.2) is 17.1 Å². The molecule has 2 aliphatic rings. The van der Waals surface area contributed by atoms with Crippen molar-refractivity contribution >= 4 is 22.6 Å². The molecular weight excluding hydrogens is 385 g/mol. The molecule has 30 heavy (non-hydrogen) atoms. The van der Waals surface area contributed by atoms with Crippen LogP contribution in [0.25, 0.3) is 10.9 Å². The van der Waals surface area contributed by atoms with Gasteiger partial charge in [-0.2, -0.15) is 0 Å². The van der Waals surface area contributed by atoms with Crippen LogP contribution in [0.4, 0.5) is 10.1 Å². The van der Waals surface area contributed by atoms with Gasteiger partial charge >= 0.3 is 5.97 Å². The normalized spacial score (nSPS) is 21.2. The van der Waals surface area contributed by atoms with Crippen LogP contribution in [0.2, 0.25) is 0 Å². The number of hydrogen-bond donors (Lipinski definition) is 2. The van der Waals surface area contributed by atoms with Gasteiger partial charge in [-0.15, -0.1) is 0 Å². The summed E-state index contributed by atoms with van der Waals surface area (Å²) in [7, 11) is 0. The van der Waals surface area contributed by atoms with Crippen LogP contribution in [0, 0.1) is 18.2 Å². The van der Waals surface area contributed by atoms with E-state index in [2.05, 4.69) is 31.0 Å². The lowest BCUT2D eigenvalue weighted by Crippen LogP contribution is -2.54. The summed E-state index contributed by atoms with van der Waals surface area (Å²) in [6, 6.07) is 1.78. The van der Waals surface area contributed by atoms with Gasteiger partial charge in [-0.3, -0.25) is 4.79 Å². The van der Waals surface area contributed by atoms with Gasteiger partial charge in [0.25, 0.3) is 0 Å². The maximum absolute atomic E-state index is 15.4. The number of nitrogens with zero attached hydrogens (tertiary/aromatic N) is 2. The minimum absolute atomic E-state index is 0.0363. The van der Waals surface area contributed by atoms with Gasteiger partial charge in [0.2, 0.25) is 5.43 Å². The third-order valence-corrected chi connectivity index (χ3v) is 6.65. The number of benzene rings is 1. The number of nitrogens with one attached hydrogen (secondary N) is 1. The standard InChI is InChI=1S/C23H30FN3O3/c1-5-25-18-8-9-26(12-23(18,3)4)20-13(2)19-15(10-17(20)24)21(28)16(22(29)30)11-27(19)14-6-7-14/h10-11,14,18,25H,5-9,12H2,1-4H3,(H,29,30). The molecule has 1 aliphatic carbocycles. The Morgan fingerprint density at radius 2 is 2.03 bits per heavy atom. The summed E-state index contributed by atoms with van der Waals surface area (Å²) in [5.74, 6) is -1.73. The first-order valence-corrected chi connectivity index (χ1v) is 10.7. The van der Waals surface area contributed by atoms with Crippen LogP contribution >= 0.6 is 0 Å². The smallest absolute Gasteiger partial charge is 0.341 e. The van der Waals surface area contributed by atoms with Gasteiger partial charge in [0.1, 0.15) is 11.4 Å². The molecule has 6 nitrogen and oxygen atoms in total. The maximum Gasteiger partial charge on any atom is 0.341 e. The Morgan fingerprint density at radius 3 is 2.60 bits per heavy atom. The Morgan fingerprint density at radius 1 is 1.33 bits per heavy atom. The van der Waals surface area contributed by atoms with Crippen LogP contribution in [0.1, 0.15) is 62.0 Å². The minimum Gasteiger partial charge on any atom is -0.477 e. The number of fused-ring (bicyclic) bond motifs is 1. The SMILES string of the molecule is CCNC1CCN(c2c(F)cc3c(=O)c(C(=O)O)cn(C4CC4)c3c2C)CC1(C)C. The Balaban J connectivity index is 1.87. The number of pyridine rings is 1. The quantitative estimate of drug-likeness (QED) is 0.779. The number of carboxylic acid groups (broad SMARTS) is 1. The zero-order valence-corrected chi connectivity index (χ0v) is 18.1. The summed E-state index contributed by atoms with van der Waals surface area (Å²) < 4.78 is 17.3. The summed E-state index contributed by atoms with van der Waals surface area (Å²) in [6.45, 7) is 10.7. The second-order valence-corrected chi connectivity index (χ2v) is 9.35. The molecule has 1 aliphatic heterocycles. The summed E-state index contributed by atoms with van der Waals surface area (Å²) in [4.78, 5) is 26.5. The second kappa shape index (κ2) is 7.38. The van der Waals surface area contributed by atoms with E-state index in [1.54, 1.807) is 0 Å². The molecule has 1 aromatic carbocycles. The molecule has 2 aromatic rings. The predicted octanol–water partition coefficient (Wildman–Crippen LogP) is 3.70. The fourth-order valence-corrected chi connectivity index (χ4v) is 5.02. The first kappa shape index (κ1) is 20.8. The number of aromatic nitrogens is 1. The molecule has 1 unspecified atom stereocenters. The van der Waals surface area contributed by atoms with Crippen molar-refractivity contribution < 1.29 is 14.3 Å². The zero-order chi connectivity index (χ0) is 21.8. The Labute approximate surface area is 175 Å². The highest BCUT2D eigenvalue weighted by molar-refractivity contribution is 5.95. The summed E-state index contributed by atoms with van der Waals surface area (Å²) in [5, 5.41) is 13.1. The molecule has 1 atom stereocenters. The lowest BCUT2D eigenvalue weighted by atomic mass is 9.78. The molecule has 2 N–H and O–H groups in total. The number of halogens is 1. The van der Waals surface area contributed by atoms with E-state index in [1.807, 2.05) is 11.5 Å². The molecule has 0 bridgehead atoms. The highest BCUT2D eigenvalue weighted by Crippen LogP contribution is 2.41. The molecule has 4 rings (SSSR count). The van der Waals surface area contributed by atoms with Gasteiger partial charge in [0, 0.05) is 36.8 Å². The van der Waals surface area contributed by atoms with Crippen LogP contribution in [0.3, 0.4) is 0 Å². The molecule has 1 aromatic heterocycles. The van der Waals surface area contributed by atoms with E-state index in [-0.39, 0.29) is 22.4 Å². The van der Waals surface area contributed by atoms with Crippen molar-refractivity contribution in [3.8, 4) is 0 Å². The van der Waals surface area contributed by atoms with Gasteiger partial charge in [0.15, 0.2) is 0 Å². The Hall–Kier alpha value is -2.41. The van der Waals surface area contributed by atoms with E-state index < -0.39 is 17.2 Å².